The third kappa shape index (κ3) is 4.09. The Bertz CT molecular complexity index is 174. The molecular weight excluding hydrogens is 176 g/mol. The van der Waals surface area contributed by atoms with E-state index in [0.717, 1.165) is 18.9 Å². The number of rotatable bonds is 4. The van der Waals surface area contributed by atoms with E-state index < -0.39 is 0 Å². The highest BCUT2D eigenvalue weighted by Gasteiger charge is 2.13. The van der Waals surface area contributed by atoms with Crippen molar-refractivity contribution in [2.45, 2.75) is 51.5 Å². The van der Waals surface area contributed by atoms with Gasteiger partial charge in [0.05, 0.1) is 6.04 Å². The zero-order valence-electron chi connectivity index (χ0n) is 9.09. The maximum absolute atomic E-state index is 11.1. The van der Waals surface area contributed by atoms with Crippen LogP contribution in [0, 0.1) is 5.92 Å². The molecule has 14 heavy (non-hydrogen) atoms. The molecule has 1 aliphatic rings. The number of hydrogen-bond acceptors (Lipinski definition) is 2. The second-order valence-corrected chi connectivity index (χ2v) is 4.37. The minimum Gasteiger partial charge on any atom is -0.355 e. The van der Waals surface area contributed by atoms with Gasteiger partial charge in [-0.25, -0.2) is 0 Å². The molecule has 1 aliphatic carbocycles. The first kappa shape index (κ1) is 11.5. The Kier molecular flexibility index (Phi) is 4.94. The average Bonchev–Trinajstić information content (AvgIpc) is 2.19. The number of carbonyl (C=O) groups is 1. The van der Waals surface area contributed by atoms with Crippen molar-refractivity contribution in [1.29, 1.82) is 0 Å². The van der Waals surface area contributed by atoms with E-state index in [0.29, 0.717) is 0 Å². The fourth-order valence-electron chi connectivity index (χ4n) is 2.04. The summed E-state index contributed by atoms with van der Waals surface area (Å²) in [6.07, 6.45) is 7.93. The fourth-order valence-corrected chi connectivity index (χ4v) is 2.04. The predicted molar refractivity (Wildman–Crippen MR) is 57.9 cm³/mol. The van der Waals surface area contributed by atoms with E-state index >= 15 is 0 Å². The molecule has 0 radical (unpaired) electrons. The number of amides is 1. The summed E-state index contributed by atoms with van der Waals surface area (Å²) in [7, 11) is 0. The Morgan fingerprint density at radius 3 is 2.64 bits per heavy atom. The average molecular weight is 198 g/mol. The van der Waals surface area contributed by atoms with E-state index in [1.54, 1.807) is 6.92 Å². The topological polar surface area (TPSA) is 55.1 Å². The number of hydrogen-bond donors (Lipinski definition) is 2. The Hall–Kier alpha value is -0.570. The SMILES string of the molecule is CC(N)C(=O)NCCC1CCCCC1. The lowest BCUT2D eigenvalue weighted by Crippen LogP contribution is -2.39. The van der Waals surface area contributed by atoms with Gasteiger partial charge < -0.3 is 11.1 Å². The van der Waals surface area contributed by atoms with E-state index in [2.05, 4.69) is 5.32 Å². The van der Waals surface area contributed by atoms with Crippen molar-refractivity contribution in [3.63, 3.8) is 0 Å². The van der Waals surface area contributed by atoms with E-state index in [4.69, 9.17) is 5.73 Å². The van der Waals surface area contributed by atoms with Gasteiger partial charge in [-0.3, -0.25) is 4.79 Å². The molecule has 3 heteroatoms. The van der Waals surface area contributed by atoms with Gasteiger partial charge in [-0.05, 0) is 19.3 Å². The van der Waals surface area contributed by atoms with E-state index in [9.17, 15) is 4.79 Å². The highest BCUT2D eigenvalue weighted by molar-refractivity contribution is 5.80. The molecule has 0 bridgehead atoms. The summed E-state index contributed by atoms with van der Waals surface area (Å²) in [4.78, 5) is 11.1. The number of nitrogens with two attached hydrogens (primary N) is 1. The molecule has 0 aromatic rings. The van der Waals surface area contributed by atoms with Gasteiger partial charge in [0.15, 0.2) is 0 Å². The van der Waals surface area contributed by atoms with Crippen molar-refractivity contribution >= 4 is 5.91 Å². The molecule has 1 unspecified atom stereocenters. The van der Waals surface area contributed by atoms with Crippen molar-refractivity contribution in [1.82, 2.24) is 5.32 Å². The van der Waals surface area contributed by atoms with Crippen molar-refractivity contribution < 1.29 is 4.79 Å². The van der Waals surface area contributed by atoms with Gasteiger partial charge in [0, 0.05) is 6.54 Å². The fraction of sp³-hybridized carbons (Fsp3) is 0.909. The zero-order chi connectivity index (χ0) is 10.4. The Morgan fingerprint density at radius 1 is 1.43 bits per heavy atom. The summed E-state index contributed by atoms with van der Waals surface area (Å²) >= 11 is 0. The number of carbonyl (C=O) groups excluding carboxylic acids is 1. The van der Waals surface area contributed by atoms with Crippen LogP contribution in [0.2, 0.25) is 0 Å². The Labute approximate surface area is 86.4 Å². The summed E-state index contributed by atoms with van der Waals surface area (Å²) in [5.74, 6) is 0.804. The lowest BCUT2D eigenvalue weighted by molar-refractivity contribution is -0.122. The van der Waals surface area contributed by atoms with Gasteiger partial charge >= 0.3 is 0 Å². The first-order chi connectivity index (χ1) is 6.70. The monoisotopic (exact) mass is 198 g/mol. The van der Waals surface area contributed by atoms with E-state index in [-0.39, 0.29) is 11.9 Å². The van der Waals surface area contributed by atoms with Crippen molar-refractivity contribution in [3.05, 3.63) is 0 Å². The van der Waals surface area contributed by atoms with Crippen LogP contribution < -0.4 is 11.1 Å². The maximum Gasteiger partial charge on any atom is 0.236 e. The molecular formula is C11H22N2O. The zero-order valence-corrected chi connectivity index (χ0v) is 9.09. The molecule has 0 aromatic carbocycles. The molecule has 1 saturated carbocycles. The van der Waals surface area contributed by atoms with Crippen LogP contribution >= 0.6 is 0 Å². The van der Waals surface area contributed by atoms with Crippen LogP contribution in [-0.2, 0) is 4.79 Å². The van der Waals surface area contributed by atoms with Crippen molar-refractivity contribution in [2.75, 3.05) is 6.54 Å². The van der Waals surface area contributed by atoms with Gasteiger partial charge in [-0.1, -0.05) is 32.1 Å². The molecule has 0 aromatic heterocycles. The molecule has 1 amide bonds. The van der Waals surface area contributed by atoms with E-state index in [1.165, 1.54) is 32.1 Å². The van der Waals surface area contributed by atoms with Gasteiger partial charge in [0.2, 0.25) is 5.91 Å². The Balaban J connectivity index is 2.05. The van der Waals surface area contributed by atoms with Gasteiger partial charge in [-0.15, -0.1) is 0 Å². The molecule has 1 atom stereocenters. The van der Waals surface area contributed by atoms with Crippen molar-refractivity contribution in [2.24, 2.45) is 11.7 Å². The summed E-state index contributed by atoms with van der Waals surface area (Å²) in [5, 5.41) is 2.87. The molecule has 0 aliphatic heterocycles. The lowest BCUT2D eigenvalue weighted by Gasteiger charge is -2.21. The van der Waals surface area contributed by atoms with Gasteiger partial charge in [0.25, 0.3) is 0 Å². The summed E-state index contributed by atoms with van der Waals surface area (Å²) in [6.45, 7) is 2.51. The van der Waals surface area contributed by atoms with Crippen LogP contribution in [0.1, 0.15) is 45.4 Å². The van der Waals surface area contributed by atoms with Crippen LogP contribution in [-0.4, -0.2) is 18.5 Å². The molecule has 0 saturated heterocycles. The molecule has 1 rings (SSSR count). The minimum absolute atomic E-state index is 0.0270. The third-order valence-corrected chi connectivity index (χ3v) is 2.99. The predicted octanol–water partition coefficient (Wildman–Crippen LogP) is 1.42. The normalized spacial score (nSPS) is 20.4. The van der Waals surface area contributed by atoms with Crippen LogP contribution in [0.25, 0.3) is 0 Å². The highest BCUT2D eigenvalue weighted by Crippen LogP contribution is 2.25. The van der Waals surface area contributed by atoms with E-state index in [1.807, 2.05) is 0 Å². The lowest BCUT2D eigenvalue weighted by atomic mass is 9.87. The highest BCUT2D eigenvalue weighted by atomic mass is 16.2. The van der Waals surface area contributed by atoms with Gasteiger partial charge in [0.1, 0.15) is 0 Å². The molecule has 0 spiro atoms. The molecule has 3 nitrogen and oxygen atoms in total. The summed E-state index contributed by atoms with van der Waals surface area (Å²) < 4.78 is 0. The number of nitrogens with one attached hydrogen (secondary N) is 1. The van der Waals surface area contributed by atoms with Crippen LogP contribution in [0.15, 0.2) is 0 Å². The van der Waals surface area contributed by atoms with Crippen LogP contribution in [0.5, 0.6) is 0 Å². The van der Waals surface area contributed by atoms with Gasteiger partial charge in [-0.2, -0.15) is 0 Å². The third-order valence-electron chi connectivity index (χ3n) is 2.99. The molecule has 82 valence electrons. The summed E-state index contributed by atoms with van der Waals surface area (Å²) in [6, 6.07) is -0.374. The van der Waals surface area contributed by atoms with Crippen LogP contribution in [0.3, 0.4) is 0 Å². The van der Waals surface area contributed by atoms with Crippen molar-refractivity contribution in [3.8, 4) is 0 Å². The molecule has 3 N–H and O–H groups in total. The molecule has 0 heterocycles. The van der Waals surface area contributed by atoms with Crippen LogP contribution in [0.4, 0.5) is 0 Å². The first-order valence-electron chi connectivity index (χ1n) is 5.73. The minimum atomic E-state index is -0.374. The first-order valence-corrected chi connectivity index (χ1v) is 5.73. The Morgan fingerprint density at radius 2 is 2.07 bits per heavy atom. The molecule has 1 fully saturated rings. The largest absolute Gasteiger partial charge is 0.355 e. The summed E-state index contributed by atoms with van der Waals surface area (Å²) in [5.41, 5.74) is 5.44. The second-order valence-electron chi connectivity index (χ2n) is 4.37. The standard InChI is InChI=1S/C11H22N2O/c1-9(12)11(14)13-8-7-10-5-3-2-4-6-10/h9-10H,2-8,12H2,1H3,(H,13,14). The quantitative estimate of drug-likeness (QED) is 0.718. The maximum atomic E-state index is 11.1. The second kappa shape index (κ2) is 6.02. The smallest absolute Gasteiger partial charge is 0.236 e.